The maximum Gasteiger partial charge on any atom is 0.226 e. The van der Waals surface area contributed by atoms with Crippen molar-refractivity contribution < 1.29 is 9.53 Å². The third-order valence-electron chi connectivity index (χ3n) is 3.18. The van der Waals surface area contributed by atoms with Gasteiger partial charge in [-0.1, -0.05) is 0 Å². The zero-order valence-electron chi connectivity index (χ0n) is 11.0. The standard InChI is InChI=1S/C14H16N4O2/c19-14(8-11-9-20-6-5-15-11)18-10-1-2-12-13(7-10)17-4-3-16-12/h1-4,7,11,15H,5-6,8-9H2,(H,18,19). The molecule has 104 valence electrons. The van der Waals surface area contributed by atoms with Gasteiger partial charge < -0.3 is 15.4 Å². The van der Waals surface area contributed by atoms with Gasteiger partial charge in [0.05, 0.1) is 24.2 Å². The van der Waals surface area contributed by atoms with Crippen molar-refractivity contribution >= 4 is 22.6 Å². The first kappa shape index (κ1) is 13.0. The highest BCUT2D eigenvalue weighted by atomic mass is 16.5. The molecule has 0 radical (unpaired) electrons. The van der Waals surface area contributed by atoms with Crippen LogP contribution >= 0.6 is 0 Å². The molecule has 1 saturated heterocycles. The van der Waals surface area contributed by atoms with Crippen molar-refractivity contribution in [1.82, 2.24) is 15.3 Å². The zero-order valence-corrected chi connectivity index (χ0v) is 11.0. The van der Waals surface area contributed by atoms with Gasteiger partial charge >= 0.3 is 0 Å². The zero-order chi connectivity index (χ0) is 13.8. The molecule has 1 fully saturated rings. The highest BCUT2D eigenvalue weighted by Crippen LogP contribution is 2.15. The fourth-order valence-electron chi connectivity index (χ4n) is 2.23. The number of hydrogen-bond donors (Lipinski definition) is 2. The molecule has 6 nitrogen and oxygen atoms in total. The second kappa shape index (κ2) is 5.94. The lowest BCUT2D eigenvalue weighted by atomic mass is 10.2. The molecule has 1 aromatic carbocycles. The molecule has 3 rings (SSSR count). The topological polar surface area (TPSA) is 76.1 Å². The smallest absolute Gasteiger partial charge is 0.226 e. The number of rotatable bonds is 3. The van der Waals surface area contributed by atoms with Crippen LogP contribution in [0, 0.1) is 0 Å². The number of morpholine rings is 1. The van der Waals surface area contributed by atoms with Crippen molar-refractivity contribution in [3.8, 4) is 0 Å². The van der Waals surface area contributed by atoms with Crippen molar-refractivity contribution in [2.75, 3.05) is 25.1 Å². The van der Waals surface area contributed by atoms with Crippen LogP contribution in [-0.4, -0.2) is 41.7 Å². The van der Waals surface area contributed by atoms with Gasteiger partial charge in [-0.3, -0.25) is 14.8 Å². The van der Waals surface area contributed by atoms with E-state index in [9.17, 15) is 4.79 Å². The van der Waals surface area contributed by atoms with Crippen LogP contribution < -0.4 is 10.6 Å². The van der Waals surface area contributed by atoms with Crippen LogP contribution in [0.25, 0.3) is 11.0 Å². The number of ether oxygens (including phenoxy) is 1. The van der Waals surface area contributed by atoms with Crippen molar-refractivity contribution in [1.29, 1.82) is 0 Å². The SMILES string of the molecule is O=C(CC1COCCN1)Nc1ccc2nccnc2c1. The van der Waals surface area contributed by atoms with Crippen LogP contribution in [0.5, 0.6) is 0 Å². The molecule has 6 heteroatoms. The summed E-state index contributed by atoms with van der Waals surface area (Å²) < 4.78 is 5.33. The first-order chi connectivity index (χ1) is 9.81. The summed E-state index contributed by atoms with van der Waals surface area (Å²) in [6.07, 6.45) is 3.69. The summed E-state index contributed by atoms with van der Waals surface area (Å²) >= 11 is 0. The Labute approximate surface area is 116 Å². The number of carbonyl (C=O) groups excluding carboxylic acids is 1. The van der Waals surface area contributed by atoms with Crippen LogP contribution in [-0.2, 0) is 9.53 Å². The summed E-state index contributed by atoms with van der Waals surface area (Å²) in [5, 5.41) is 6.14. The highest BCUT2D eigenvalue weighted by molar-refractivity contribution is 5.93. The Bertz CT molecular complexity index is 611. The minimum Gasteiger partial charge on any atom is -0.378 e. The van der Waals surface area contributed by atoms with Gasteiger partial charge in [0, 0.05) is 37.1 Å². The molecule has 2 N–H and O–H groups in total. The predicted octanol–water partition coefficient (Wildman–Crippen LogP) is 0.947. The number of carbonyl (C=O) groups is 1. The van der Waals surface area contributed by atoms with Crippen LogP contribution in [0.2, 0.25) is 0 Å². The number of hydrogen-bond acceptors (Lipinski definition) is 5. The Morgan fingerprint density at radius 2 is 2.20 bits per heavy atom. The van der Waals surface area contributed by atoms with E-state index in [-0.39, 0.29) is 11.9 Å². The van der Waals surface area contributed by atoms with Gasteiger partial charge in [0.15, 0.2) is 0 Å². The molecule has 1 aliphatic heterocycles. The first-order valence-electron chi connectivity index (χ1n) is 6.63. The Kier molecular flexibility index (Phi) is 3.85. The number of anilines is 1. The Hall–Kier alpha value is -2.05. The molecule has 2 aromatic rings. The Balaban J connectivity index is 1.64. The number of aromatic nitrogens is 2. The van der Waals surface area contributed by atoms with E-state index in [1.165, 1.54) is 0 Å². The largest absolute Gasteiger partial charge is 0.378 e. The van der Waals surface area contributed by atoms with E-state index in [2.05, 4.69) is 20.6 Å². The summed E-state index contributed by atoms with van der Waals surface area (Å²) in [4.78, 5) is 20.4. The van der Waals surface area contributed by atoms with Gasteiger partial charge in [-0.05, 0) is 18.2 Å². The average Bonchev–Trinajstić information content (AvgIpc) is 2.48. The number of nitrogens with one attached hydrogen (secondary N) is 2. The molecule has 0 bridgehead atoms. The minimum atomic E-state index is -0.0313. The van der Waals surface area contributed by atoms with Crippen LogP contribution in [0.1, 0.15) is 6.42 Å². The van der Waals surface area contributed by atoms with Crippen molar-refractivity contribution in [3.05, 3.63) is 30.6 Å². The van der Waals surface area contributed by atoms with Crippen molar-refractivity contribution in [2.24, 2.45) is 0 Å². The summed E-state index contributed by atoms with van der Waals surface area (Å²) in [5.74, 6) is -0.0313. The highest BCUT2D eigenvalue weighted by Gasteiger charge is 2.16. The second-order valence-electron chi connectivity index (χ2n) is 4.74. The van der Waals surface area contributed by atoms with Crippen LogP contribution in [0.15, 0.2) is 30.6 Å². The number of nitrogens with zero attached hydrogens (tertiary/aromatic N) is 2. The van der Waals surface area contributed by atoms with Gasteiger partial charge in [-0.2, -0.15) is 0 Å². The quantitative estimate of drug-likeness (QED) is 0.870. The number of amides is 1. The summed E-state index contributed by atoms with van der Waals surface area (Å²) in [6, 6.07) is 5.59. The van der Waals surface area contributed by atoms with Gasteiger partial charge in [0.25, 0.3) is 0 Å². The van der Waals surface area contributed by atoms with E-state index >= 15 is 0 Å². The van der Waals surface area contributed by atoms with E-state index in [1.807, 2.05) is 18.2 Å². The lowest BCUT2D eigenvalue weighted by Crippen LogP contribution is -2.43. The molecule has 1 aromatic heterocycles. The minimum absolute atomic E-state index is 0.0313. The maximum atomic E-state index is 12.0. The molecule has 2 heterocycles. The van der Waals surface area contributed by atoms with Gasteiger partial charge in [-0.15, -0.1) is 0 Å². The number of fused-ring (bicyclic) bond motifs is 1. The Morgan fingerprint density at radius 1 is 1.35 bits per heavy atom. The van der Waals surface area contributed by atoms with E-state index in [4.69, 9.17) is 4.74 Å². The molecule has 1 amide bonds. The molecule has 0 saturated carbocycles. The maximum absolute atomic E-state index is 12.0. The predicted molar refractivity (Wildman–Crippen MR) is 75.4 cm³/mol. The molecule has 0 aliphatic carbocycles. The lowest BCUT2D eigenvalue weighted by molar-refractivity contribution is -0.117. The molecule has 1 unspecified atom stereocenters. The first-order valence-corrected chi connectivity index (χ1v) is 6.63. The van der Waals surface area contributed by atoms with E-state index < -0.39 is 0 Å². The second-order valence-corrected chi connectivity index (χ2v) is 4.74. The number of benzene rings is 1. The summed E-state index contributed by atoms with van der Waals surface area (Å²) in [5.41, 5.74) is 2.32. The molecular formula is C14H16N4O2. The van der Waals surface area contributed by atoms with Gasteiger partial charge in [0.1, 0.15) is 0 Å². The van der Waals surface area contributed by atoms with E-state index in [1.54, 1.807) is 12.4 Å². The molecule has 1 atom stereocenters. The monoisotopic (exact) mass is 272 g/mol. The molecule has 0 spiro atoms. The normalized spacial score (nSPS) is 18.9. The van der Waals surface area contributed by atoms with Crippen LogP contribution in [0.4, 0.5) is 5.69 Å². The molecular weight excluding hydrogens is 256 g/mol. The Morgan fingerprint density at radius 3 is 3.00 bits per heavy atom. The molecule has 1 aliphatic rings. The third kappa shape index (κ3) is 3.09. The fourth-order valence-corrected chi connectivity index (χ4v) is 2.23. The van der Waals surface area contributed by atoms with E-state index in [0.29, 0.717) is 19.6 Å². The van der Waals surface area contributed by atoms with E-state index in [0.717, 1.165) is 23.3 Å². The van der Waals surface area contributed by atoms with Crippen molar-refractivity contribution in [3.63, 3.8) is 0 Å². The van der Waals surface area contributed by atoms with Gasteiger partial charge in [0.2, 0.25) is 5.91 Å². The van der Waals surface area contributed by atoms with Crippen molar-refractivity contribution in [2.45, 2.75) is 12.5 Å². The lowest BCUT2D eigenvalue weighted by Gasteiger charge is -2.23. The average molecular weight is 272 g/mol. The fraction of sp³-hybridized carbons (Fsp3) is 0.357. The third-order valence-corrected chi connectivity index (χ3v) is 3.18. The van der Waals surface area contributed by atoms with Gasteiger partial charge in [-0.25, -0.2) is 0 Å². The summed E-state index contributed by atoms with van der Waals surface area (Å²) in [7, 11) is 0. The van der Waals surface area contributed by atoms with Crippen LogP contribution in [0.3, 0.4) is 0 Å². The molecule has 20 heavy (non-hydrogen) atoms. The summed E-state index contributed by atoms with van der Waals surface area (Å²) in [6.45, 7) is 2.08.